The average Bonchev–Trinajstić information content (AvgIpc) is 2.52. The minimum Gasteiger partial charge on any atom is -0.345 e. The van der Waals surface area contributed by atoms with Gasteiger partial charge in [-0.05, 0) is 25.1 Å². The summed E-state index contributed by atoms with van der Waals surface area (Å²) in [4.78, 5) is 25.1. The highest BCUT2D eigenvalue weighted by Crippen LogP contribution is 2.15. The number of hydrogen-bond acceptors (Lipinski definition) is 4. The molecule has 5 nitrogen and oxygen atoms in total. The van der Waals surface area contributed by atoms with Crippen molar-refractivity contribution in [1.29, 1.82) is 0 Å². The largest absolute Gasteiger partial charge is 0.345 e. The molecule has 0 saturated carbocycles. The summed E-state index contributed by atoms with van der Waals surface area (Å²) in [6.45, 7) is 2.15. The Morgan fingerprint density at radius 1 is 1.10 bits per heavy atom. The van der Waals surface area contributed by atoms with E-state index in [1.165, 1.54) is 0 Å². The number of fused-ring (bicyclic) bond motifs is 1. The summed E-state index contributed by atoms with van der Waals surface area (Å²) in [5.74, 6) is 0.360. The van der Waals surface area contributed by atoms with E-state index in [2.05, 4.69) is 20.3 Å². The Balaban J connectivity index is 1.88. The van der Waals surface area contributed by atoms with Crippen LogP contribution in [0, 0.1) is 6.92 Å². The van der Waals surface area contributed by atoms with Gasteiger partial charge in [0.25, 0.3) is 5.91 Å². The van der Waals surface area contributed by atoms with Crippen molar-refractivity contribution in [2.75, 3.05) is 0 Å². The van der Waals surface area contributed by atoms with Gasteiger partial charge in [-0.25, -0.2) is 9.97 Å². The highest BCUT2D eigenvalue weighted by Gasteiger charge is 2.13. The Bertz CT molecular complexity index is 787. The Hall–Kier alpha value is -2.82. The third-order valence-corrected chi connectivity index (χ3v) is 3.09. The standard InChI is InChI=1S/C16H14N4O/c1-11-19-14-8-3-2-7-13(14)15(20-11)16(21)18-10-12-6-4-5-9-17-12/h2-9H,10H2,1H3,(H,18,21). The van der Waals surface area contributed by atoms with E-state index in [-0.39, 0.29) is 5.91 Å². The summed E-state index contributed by atoms with van der Waals surface area (Å²) < 4.78 is 0. The van der Waals surface area contributed by atoms with Crippen LogP contribution < -0.4 is 5.32 Å². The van der Waals surface area contributed by atoms with Crippen molar-refractivity contribution in [2.45, 2.75) is 13.5 Å². The van der Waals surface area contributed by atoms with Crippen LogP contribution in [0.4, 0.5) is 0 Å². The molecule has 1 amide bonds. The highest BCUT2D eigenvalue weighted by atomic mass is 16.1. The third-order valence-electron chi connectivity index (χ3n) is 3.09. The van der Waals surface area contributed by atoms with Crippen molar-refractivity contribution in [2.24, 2.45) is 0 Å². The molecule has 0 radical (unpaired) electrons. The molecule has 2 heterocycles. The number of aryl methyl sites for hydroxylation is 1. The molecule has 1 aromatic carbocycles. The molecule has 0 aliphatic rings. The number of amides is 1. The van der Waals surface area contributed by atoms with Gasteiger partial charge in [0.2, 0.25) is 0 Å². The molecule has 0 saturated heterocycles. The lowest BCUT2D eigenvalue weighted by atomic mass is 10.1. The molecule has 0 spiro atoms. The predicted octanol–water partition coefficient (Wildman–Crippen LogP) is 2.26. The first-order chi connectivity index (χ1) is 10.2. The fourth-order valence-electron chi connectivity index (χ4n) is 2.12. The molecule has 1 N–H and O–H groups in total. The average molecular weight is 278 g/mol. The molecule has 0 atom stereocenters. The van der Waals surface area contributed by atoms with Gasteiger partial charge < -0.3 is 5.32 Å². The van der Waals surface area contributed by atoms with E-state index in [1.54, 1.807) is 13.1 Å². The molecular formula is C16H14N4O. The van der Waals surface area contributed by atoms with Crippen LogP contribution in [-0.4, -0.2) is 20.9 Å². The maximum absolute atomic E-state index is 12.4. The normalized spacial score (nSPS) is 10.5. The Kier molecular flexibility index (Phi) is 3.55. The van der Waals surface area contributed by atoms with Crippen LogP contribution in [0.25, 0.3) is 10.9 Å². The van der Waals surface area contributed by atoms with E-state index in [0.29, 0.717) is 18.1 Å². The topological polar surface area (TPSA) is 67.8 Å². The Morgan fingerprint density at radius 3 is 2.71 bits per heavy atom. The first-order valence-corrected chi connectivity index (χ1v) is 6.65. The maximum Gasteiger partial charge on any atom is 0.270 e. The zero-order valence-corrected chi connectivity index (χ0v) is 11.6. The lowest BCUT2D eigenvalue weighted by Gasteiger charge is -2.07. The minimum absolute atomic E-state index is 0.220. The molecule has 0 aliphatic heterocycles. The Labute approximate surface area is 122 Å². The molecule has 3 aromatic rings. The molecule has 5 heteroatoms. The fourth-order valence-corrected chi connectivity index (χ4v) is 2.12. The van der Waals surface area contributed by atoms with Gasteiger partial charge in [-0.1, -0.05) is 24.3 Å². The lowest BCUT2D eigenvalue weighted by molar-refractivity contribution is 0.0947. The van der Waals surface area contributed by atoms with E-state index >= 15 is 0 Å². The smallest absolute Gasteiger partial charge is 0.270 e. The molecule has 0 fully saturated rings. The summed E-state index contributed by atoms with van der Waals surface area (Å²) in [5, 5.41) is 3.59. The third kappa shape index (κ3) is 2.86. The van der Waals surface area contributed by atoms with Crippen LogP contribution in [0.2, 0.25) is 0 Å². The number of carbonyl (C=O) groups is 1. The zero-order valence-electron chi connectivity index (χ0n) is 11.6. The number of para-hydroxylation sites is 1. The molecule has 3 rings (SSSR count). The van der Waals surface area contributed by atoms with E-state index in [0.717, 1.165) is 16.6 Å². The minimum atomic E-state index is -0.220. The summed E-state index contributed by atoms with van der Waals surface area (Å²) in [6.07, 6.45) is 1.70. The van der Waals surface area contributed by atoms with Crippen LogP contribution in [0.1, 0.15) is 22.0 Å². The van der Waals surface area contributed by atoms with Crippen molar-refractivity contribution < 1.29 is 4.79 Å². The summed E-state index contributed by atoms with van der Waals surface area (Å²) in [6, 6.07) is 13.1. The van der Waals surface area contributed by atoms with E-state index < -0.39 is 0 Å². The molecular weight excluding hydrogens is 264 g/mol. The molecule has 21 heavy (non-hydrogen) atoms. The van der Waals surface area contributed by atoms with Crippen molar-refractivity contribution in [3.63, 3.8) is 0 Å². The van der Waals surface area contributed by atoms with Crippen LogP contribution in [0.5, 0.6) is 0 Å². The number of hydrogen-bond donors (Lipinski definition) is 1. The van der Waals surface area contributed by atoms with Crippen LogP contribution >= 0.6 is 0 Å². The van der Waals surface area contributed by atoms with Crippen molar-refractivity contribution in [3.05, 3.63) is 65.9 Å². The molecule has 104 valence electrons. The SMILES string of the molecule is Cc1nc(C(=O)NCc2ccccn2)c2ccccc2n1. The molecule has 0 unspecified atom stereocenters. The van der Waals surface area contributed by atoms with Gasteiger partial charge in [0.1, 0.15) is 11.5 Å². The van der Waals surface area contributed by atoms with Gasteiger partial charge in [0.15, 0.2) is 0 Å². The predicted molar refractivity (Wildman–Crippen MR) is 79.7 cm³/mol. The zero-order chi connectivity index (χ0) is 14.7. The number of rotatable bonds is 3. The highest BCUT2D eigenvalue weighted by molar-refractivity contribution is 6.04. The summed E-state index contributed by atoms with van der Waals surface area (Å²) in [7, 11) is 0. The fraction of sp³-hybridized carbons (Fsp3) is 0.125. The number of aromatic nitrogens is 3. The quantitative estimate of drug-likeness (QED) is 0.798. The molecule has 0 aliphatic carbocycles. The van der Waals surface area contributed by atoms with Gasteiger partial charge in [-0.15, -0.1) is 0 Å². The van der Waals surface area contributed by atoms with Crippen molar-refractivity contribution in [1.82, 2.24) is 20.3 Å². The monoisotopic (exact) mass is 278 g/mol. The molecule has 2 aromatic heterocycles. The number of benzene rings is 1. The van der Waals surface area contributed by atoms with Crippen LogP contribution in [0.3, 0.4) is 0 Å². The summed E-state index contributed by atoms with van der Waals surface area (Å²) in [5.41, 5.74) is 1.97. The first-order valence-electron chi connectivity index (χ1n) is 6.65. The van der Waals surface area contributed by atoms with Gasteiger partial charge in [-0.2, -0.15) is 0 Å². The van der Waals surface area contributed by atoms with Crippen molar-refractivity contribution >= 4 is 16.8 Å². The first kappa shape index (κ1) is 13.2. The second kappa shape index (κ2) is 5.66. The van der Waals surface area contributed by atoms with Crippen molar-refractivity contribution in [3.8, 4) is 0 Å². The van der Waals surface area contributed by atoms with E-state index in [1.807, 2.05) is 42.5 Å². The van der Waals surface area contributed by atoms with Gasteiger partial charge in [0, 0.05) is 11.6 Å². The Morgan fingerprint density at radius 2 is 1.90 bits per heavy atom. The van der Waals surface area contributed by atoms with E-state index in [9.17, 15) is 4.79 Å². The summed E-state index contributed by atoms with van der Waals surface area (Å²) >= 11 is 0. The number of nitrogens with one attached hydrogen (secondary N) is 1. The number of pyridine rings is 1. The second-order valence-electron chi connectivity index (χ2n) is 4.64. The van der Waals surface area contributed by atoms with Gasteiger partial charge in [0.05, 0.1) is 17.8 Å². The second-order valence-corrected chi connectivity index (χ2v) is 4.64. The lowest BCUT2D eigenvalue weighted by Crippen LogP contribution is -2.25. The number of nitrogens with zero attached hydrogens (tertiary/aromatic N) is 3. The van der Waals surface area contributed by atoms with Crippen LogP contribution in [0.15, 0.2) is 48.7 Å². The van der Waals surface area contributed by atoms with Crippen LogP contribution in [-0.2, 0) is 6.54 Å². The molecule has 0 bridgehead atoms. The maximum atomic E-state index is 12.4. The van der Waals surface area contributed by atoms with E-state index in [4.69, 9.17) is 0 Å². The van der Waals surface area contributed by atoms with Gasteiger partial charge >= 0.3 is 0 Å². The van der Waals surface area contributed by atoms with Gasteiger partial charge in [-0.3, -0.25) is 9.78 Å². The number of carbonyl (C=O) groups excluding carboxylic acids is 1.